The number of hydrogen-bond donors (Lipinski definition) is 2. The SMILES string of the molecule is CCC(OC(=O)c1ccc2nc(-c3cccnc3)[nH]c2c1)C(=O)Nc1nc(-c2ccc(Cl)c(Cl)c2)cs1. The molecule has 3 heterocycles. The molecule has 0 saturated carbocycles. The first kappa shape index (κ1) is 24.9. The monoisotopic (exact) mass is 551 g/mol. The molecule has 5 rings (SSSR count). The lowest BCUT2D eigenvalue weighted by Gasteiger charge is -2.15. The molecule has 0 aliphatic carbocycles. The summed E-state index contributed by atoms with van der Waals surface area (Å²) in [5, 5.41) is 5.76. The predicted molar refractivity (Wildman–Crippen MR) is 145 cm³/mol. The lowest BCUT2D eigenvalue weighted by Crippen LogP contribution is -2.32. The summed E-state index contributed by atoms with van der Waals surface area (Å²) in [5.74, 6) is -0.437. The van der Waals surface area contributed by atoms with Gasteiger partial charge in [-0.3, -0.25) is 15.1 Å². The van der Waals surface area contributed by atoms with E-state index >= 15 is 0 Å². The van der Waals surface area contributed by atoms with Gasteiger partial charge in [0, 0.05) is 28.9 Å². The lowest BCUT2D eigenvalue weighted by atomic mass is 10.2. The molecular weight excluding hydrogens is 533 g/mol. The molecule has 8 nitrogen and oxygen atoms in total. The number of esters is 1. The van der Waals surface area contributed by atoms with Crippen molar-refractivity contribution in [3.05, 3.63) is 81.9 Å². The number of carbonyl (C=O) groups is 2. The molecule has 0 aliphatic rings. The molecule has 1 amide bonds. The number of nitrogens with one attached hydrogen (secondary N) is 2. The van der Waals surface area contributed by atoms with E-state index in [9.17, 15) is 9.59 Å². The average Bonchev–Trinajstić information content (AvgIpc) is 3.56. The lowest BCUT2D eigenvalue weighted by molar-refractivity contribution is -0.124. The Morgan fingerprint density at radius 2 is 1.95 bits per heavy atom. The highest BCUT2D eigenvalue weighted by atomic mass is 35.5. The minimum absolute atomic E-state index is 0.292. The maximum atomic E-state index is 12.9. The number of anilines is 1. The number of fused-ring (bicyclic) bond motifs is 1. The maximum Gasteiger partial charge on any atom is 0.338 e. The molecule has 0 spiro atoms. The van der Waals surface area contributed by atoms with E-state index in [-0.39, 0.29) is 0 Å². The number of rotatable bonds is 7. The third-order valence-electron chi connectivity index (χ3n) is 5.51. The van der Waals surface area contributed by atoms with Gasteiger partial charge in [-0.2, -0.15) is 0 Å². The fourth-order valence-corrected chi connectivity index (χ4v) is 4.62. The van der Waals surface area contributed by atoms with Crippen LogP contribution in [0, 0.1) is 0 Å². The third-order valence-corrected chi connectivity index (χ3v) is 7.01. The van der Waals surface area contributed by atoms with Crippen LogP contribution in [0.15, 0.2) is 66.3 Å². The zero-order chi connectivity index (χ0) is 25.9. The summed E-state index contributed by atoms with van der Waals surface area (Å²) in [6.07, 6.45) is 2.69. The van der Waals surface area contributed by atoms with Crippen LogP contribution in [-0.4, -0.2) is 37.9 Å². The molecule has 37 heavy (non-hydrogen) atoms. The Balaban J connectivity index is 1.27. The molecule has 2 aromatic carbocycles. The Bertz CT molecular complexity index is 1600. The van der Waals surface area contributed by atoms with Crippen LogP contribution in [0.3, 0.4) is 0 Å². The van der Waals surface area contributed by atoms with E-state index < -0.39 is 18.0 Å². The van der Waals surface area contributed by atoms with Crippen LogP contribution in [0.2, 0.25) is 10.0 Å². The maximum absolute atomic E-state index is 12.9. The molecule has 11 heteroatoms. The van der Waals surface area contributed by atoms with Gasteiger partial charge in [0.2, 0.25) is 0 Å². The number of H-pyrrole nitrogens is 1. The Hall–Kier alpha value is -3.79. The average molecular weight is 552 g/mol. The molecule has 3 aromatic heterocycles. The Labute approximate surface area is 225 Å². The van der Waals surface area contributed by atoms with Gasteiger partial charge in [0.1, 0.15) is 5.82 Å². The third kappa shape index (κ3) is 5.48. The van der Waals surface area contributed by atoms with Gasteiger partial charge in [0.05, 0.1) is 32.3 Å². The number of carbonyl (C=O) groups excluding carboxylic acids is 2. The number of amides is 1. The zero-order valence-electron chi connectivity index (χ0n) is 19.4. The second-order valence-corrected chi connectivity index (χ2v) is 9.69. The van der Waals surface area contributed by atoms with E-state index in [1.807, 2.05) is 12.1 Å². The fourth-order valence-electron chi connectivity index (χ4n) is 3.60. The van der Waals surface area contributed by atoms with Gasteiger partial charge >= 0.3 is 5.97 Å². The number of pyridine rings is 1. The van der Waals surface area contributed by atoms with Crippen LogP contribution in [-0.2, 0) is 9.53 Å². The van der Waals surface area contributed by atoms with Gasteiger partial charge in [0.25, 0.3) is 5.91 Å². The molecule has 1 atom stereocenters. The first-order chi connectivity index (χ1) is 17.9. The van der Waals surface area contributed by atoms with Gasteiger partial charge < -0.3 is 9.72 Å². The predicted octanol–water partition coefficient (Wildman–Crippen LogP) is 6.63. The van der Waals surface area contributed by atoms with Crippen LogP contribution >= 0.6 is 34.5 Å². The van der Waals surface area contributed by atoms with Crippen molar-refractivity contribution in [3.63, 3.8) is 0 Å². The van der Waals surface area contributed by atoms with Crippen molar-refractivity contribution < 1.29 is 14.3 Å². The molecule has 0 bridgehead atoms. The fraction of sp³-hybridized carbons (Fsp3) is 0.115. The highest BCUT2D eigenvalue weighted by Crippen LogP contribution is 2.30. The minimum Gasteiger partial charge on any atom is -0.449 e. The van der Waals surface area contributed by atoms with Crippen LogP contribution in [0.5, 0.6) is 0 Å². The normalized spacial score (nSPS) is 11.9. The van der Waals surface area contributed by atoms with Crippen molar-refractivity contribution in [1.29, 1.82) is 0 Å². The van der Waals surface area contributed by atoms with E-state index in [1.54, 1.807) is 61.1 Å². The standard InChI is InChI=1S/C26H19Cl2N5O3S/c1-2-22(24(34)33-26-32-21(13-37-26)14-5-7-17(27)18(28)10-14)36-25(35)15-6-8-19-20(11-15)31-23(30-19)16-4-3-9-29-12-16/h3-13,22H,2H2,1H3,(H,30,31)(H,32,33,34). The summed E-state index contributed by atoms with van der Waals surface area (Å²) in [5.41, 5.74) is 3.91. The van der Waals surface area contributed by atoms with Crippen molar-refractivity contribution >= 4 is 62.6 Å². The van der Waals surface area contributed by atoms with Crippen molar-refractivity contribution in [1.82, 2.24) is 19.9 Å². The van der Waals surface area contributed by atoms with Crippen molar-refractivity contribution in [2.45, 2.75) is 19.4 Å². The number of aromatic amines is 1. The van der Waals surface area contributed by atoms with Gasteiger partial charge in [-0.05, 0) is 48.9 Å². The van der Waals surface area contributed by atoms with E-state index in [2.05, 4.69) is 25.3 Å². The van der Waals surface area contributed by atoms with Gasteiger partial charge in [-0.15, -0.1) is 11.3 Å². The summed E-state index contributed by atoms with van der Waals surface area (Å²) in [7, 11) is 0. The molecule has 0 radical (unpaired) electrons. The molecule has 186 valence electrons. The van der Waals surface area contributed by atoms with Gasteiger partial charge in [-0.1, -0.05) is 36.2 Å². The van der Waals surface area contributed by atoms with E-state index in [0.717, 1.165) is 11.1 Å². The molecule has 1 unspecified atom stereocenters. The van der Waals surface area contributed by atoms with E-state index in [0.29, 0.717) is 49.7 Å². The molecular formula is C26H19Cl2N5O3S. The van der Waals surface area contributed by atoms with Crippen molar-refractivity contribution in [3.8, 4) is 22.6 Å². The molecule has 0 saturated heterocycles. The van der Waals surface area contributed by atoms with Crippen LogP contribution in [0.1, 0.15) is 23.7 Å². The number of thiazole rings is 1. The topological polar surface area (TPSA) is 110 Å². The summed E-state index contributed by atoms with van der Waals surface area (Å²) >= 11 is 13.3. The number of aromatic nitrogens is 4. The van der Waals surface area contributed by atoms with Crippen LogP contribution in [0.4, 0.5) is 5.13 Å². The zero-order valence-corrected chi connectivity index (χ0v) is 21.7. The number of halogens is 2. The largest absolute Gasteiger partial charge is 0.449 e. The molecule has 5 aromatic rings. The Morgan fingerprint density at radius 3 is 2.70 bits per heavy atom. The number of benzene rings is 2. The highest BCUT2D eigenvalue weighted by molar-refractivity contribution is 7.14. The van der Waals surface area contributed by atoms with Crippen LogP contribution in [0.25, 0.3) is 33.7 Å². The number of hydrogen-bond acceptors (Lipinski definition) is 7. The second-order valence-electron chi connectivity index (χ2n) is 8.02. The smallest absolute Gasteiger partial charge is 0.338 e. The second kappa shape index (κ2) is 10.7. The van der Waals surface area contributed by atoms with Crippen LogP contribution < -0.4 is 5.32 Å². The summed E-state index contributed by atoms with van der Waals surface area (Å²) in [4.78, 5) is 42.0. The van der Waals surface area contributed by atoms with E-state index in [1.165, 1.54) is 11.3 Å². The summed E-state index contributed by atoms with van der Waals surface area (Å²) in [6, 6.07) is 13.9. The number of ether oxygens (including phenoxy) is 1. The quantitative estimate of drug-likeness (QED) is 0.219. The Morgan fingerprint density at radius 1 is 1.08 bits per heavy atom. The van der Waals surface area contributed by atoms with Gasteiger partial charge in [-0.25, -0.2) is 14.8 Å². The number of nitrogens with zero attached hydrogens (tertiary/aromatic N) is 3. The molecule has 0 fully saturated rings. The Kier molecular flexibility index (Phi) is 7.18. The van der Waals surface area contributed by atoms with E-state index in [4.69, 9.17) is 27.9 Å². The van der Waals surface area contributed by atoms with Crippen molar-refractivity contribution in [2.75, 3.05) is 5.32 Å². The summed E-state index contributed by atoms with van der Waals surface area (Å²) < 4.78 is 5.53. The first-order valence-corrected chi connectivity index (χ1v) is 12.9. The van der Waals surface area contributed by atoms with Crippen molar-refractivity contribution in [2.24, 2.45) is 0 Å². The molecule has 0 aliphatic heterocycles. The first-order valence-electron chi connectivity index (χ1n) is 11.2. The summed E-state index contributed by atoms with van der Waals surface area (Å²) in [6.45, 7) is 1.76. The highest BCUT2D eigenvalue weighted by Gasteiger charge is 2.23. The number of imidazole rings is 1. The minimum atomic E-state index is -0.992. The molecule has 2 N–H and O–H groups in total. The van der Waals surface area contributed by atoms with Gasteiger partial charge in [0.15, 0.2) is 11.2 Å².